The Morgan fingerprint density at radius 1 is 1.16 bits per heavy atom. The number of benzene rings is 1. The molecule has 0 aliphatic carbocycles. The summed E-state index contributed by atoms with van der Waals surface area (Å²) in [6.45, 7) is 12.3. The van der Waals surface area contributed by atoms with Crippen molar-refractivity contribution in [3.63, 3.8) is 0 Å². The molecule has 2 atom stereocenters. The van der Waals surface area contributed by atoms with Crippen LogP contribution in [0.15, 0.2) is 51.6 Å². The number of rotatable bonds is 8. The number of nitrogens with zero attached hydrogens (tertiary/aromatic N) is 4. The van der Waals surface area contributed by atoms with Gasteiger partial charge in [-0.3, -0.25) is 14.4 Å². The van der Waals surface area contributed by atoms with Gasteiger partial charge >= 0.3 is 5.97 Å². The van der Waals surface area contributed by atoms with Gasteiger partial charge in [0.2, 0.25) is 5.91 Å². The highest BCUT2D eigenvalue weighted by atomic mass is 32.2. The van der Waals surface area contributed by atoms with Crippen LogP contribution >= 0.6 is 11.8 Å². The molecule has 4 rings (SSSR count). The number of hydrogen-bond acceptors (Lipinski definition) is 7. The fourth-order valence-electron chi connectivity index (χ4n) is 5.40. The topological polar surface area (TPSA) is 82.5 Å². The van der Waals surface area contributed by atoms with E-state index in [2.05, 4.69) is 11.0 Å². The molecule has 0 aromatic heterocycles. The maximum Gasteiger partial charge on any atom is 0.310 e. The first-order valence-corrected chi connectivity index (χ1v) is 14.4. The highest BCUT2D eigenvalue weighted by Gasteiger charge is 2.42. The fourth-order valence-corrected chi connectivity index (χ4v) is 6.37. The van der Waals surface area contributed by atoms with Crippen molar-refractivity contribution in [2.24, 2.45) is 10.9 Å². The molecular formula is C29H38N4O4S. The van der Waals surface area contributed by atoms with Crippen LogP contribution in [0.25, 0.3) is 0 Å². The lowest BCUT2D eigenvalue weighted by Crippen LogP contribution is -2.44. The van der Waals surface area contributed by atoms with Crippen LogP contribution in [-0.2, 0) is 19.1 Å². The number of amides is 2. The Morgan fingerprint density at radius 3 is 2.61 bits per heavy atom. The molecular weight excluding hydrogens is 500 g/mol. The summed E-state index contributed by atoms with van der Waals surface area (Å²) in [4.78, 5) is 50.1. The first kappa shape index (κ1) is 28.0. The van der Waals surface area contributed by atoms with Crippen LogP contribution in [0, 0.1) is 12.8 Å². The van der Waals surface area contributed by atoms with E-state index in [0.29, 0.717) is 44.1 Å². The molecule has 1 aromatic carbocycles. The molecule has 1 saturated heterocycles. The van der Waals surface area contributed by atoms with E-state index in [1.165, 1.54) is 11.8 Å². The minimum atomic E-state index is -0.377. The lowest BCUT2D eigenvalue weighted by atomic mass is 9.91. The van der Waals surface area contributed by atoms with Crippen LogP contribution in [0.3, 0.4) is 0 Å². The predicted octanol–water partition coefficient (Wildman–Crippen LogP) is 4.63. The number of likely N-dealkylation sites (N-methyl/N-ethyl adjacent to an activating group) is 1. The van der Waals surface area contributed by atoms with Crippen molar-refractivity contribution in [1.82, 2.24) is 14.7 Å². The maximum absolute atomic E-state index is 13.8. The van der Waals surface area contributed by atoms with Gasteiger partial charge in [0.1, 0.15) is 0 Å². The molecule has 38 heavy (non-hydrogen) atoms. The maximum atomic E-state index is 13.8. The number of fused-ring (bicyclic) bond motifs is 1. The van der Waals surface area contributed by atoms with Gasteiger partial charge in [-0.1, -0.05) is 41.6 Å². The monoisotopic (exact) mass is 538 g/mol. The summed E-state index contributed by atoms with van der Waals surface area (Å²) < 4.78 is 5.21. The summed E-state index contributed by atoms with van der Waals surface area (Å²) >= 11 is 1.49. The zero-order chi connectivity index (χ0) is 27.4. The van der Waals surface area contributed by atoms with Crippen molar-refractivity contribution in [2.45, 2.75) is 59.9 Å². The SMILES string of the molecule is CCOC(=O)C1CCCN(C(=O)CC2=CSC3=NC(C)=C(C(=O)N(CC)CC)C(c4cccc(C)c4)N23)C1. The van der Waals surface area contributed by atoms with E-state index in [9.17, 15) is 14.4 Å². The molecule has 2 unspecified atom stereocenters. The zero-order valence-electron chi connectivity index (χ0n) is 23.0. The van der Waals surface area contributed by atoms with E-state index in [1.807, 2.05) is 56.2 Å². The van der Waals surface area contributed by atoms with Crippen molar-refractivity contribution >= 4 is 34.7 Å². The summed E-state index contributed by atoms with van der Waals surface area (Å²) in [5.41, 5.74) is 4.27. The van der Waals surface area contributed by atoms with Gasteiger partial charge in [0, 0.05) is 31.9 Å². The number of likely N-dealkylation sites (tertiary alicyclic amines) is 1. The Kier molecular flexibility index (Phi) is 8.97. The van der Waals surface area contributed by atoms with Crippen LogP contribution in [0.1, 0.15) is 64.1 Å². The number of allylic oxidation sites excluding steroid dienone is 1. The molecule has 0 N–H and O–H groups in total. The van der Waals surface area contributed by atoms with Crippen molar-refractivity contribution in [3.05, 3.63) is 57.8 Å². The van der Waals surface area contributed by atoms with Crippen LogP contribution in [-0.4, -0.2) is 70.4 Å². The van der Waals surface area contributed by atoms with Gasteiger partial charge in [-0.05, 0) is 58.4 Å². The van der Waals surface area contributed by atoms with Crippen molar-refractivity contribution in [3.8, 4) is 0 Å². The van der Waals surface area contributed by atoms with Gasteiger partial charge in [-0.15, -0.1) is 0 Å². The summed E-state index contributed by atoms with van der Waals surface area (Å²) in [5.74, 6) is -0.572. The minimum Gasteiger partial charge on any atom is -0.466 e. The molecule has 0 radical (unpaired) electrons. The minimum absolute atomic E-state index is 0.0296. The summed E-state index contributed by atoms with van der Waals surface area (Å²) in [6.07, 6.45) is 1.69. The number of carbonyl (C=O) groups is 3. The molecule has 1 aromatic rings. The van der Waals surface area contributed by atoms with E-state index < -0.39 is 0 Å². The van der Waals surface area contributed by atoms with E-state index in [1.54, 1.807) is 11.8 Å². The molecule has 9 heteroatoms. The number of hydrogen-bond donors (Lipinski definition) is 0. The van der Waals surface area contributed by atoms with E-state index >= 15 is 0 Å². The Morgan fingerprint density at radius 2 is 1.92 bits per heavy atom. The first-order valence-electron chi connectivity index (χ1n) is 13.5. The van der Waals surface area contributed by atoms with Crippen LogP contribution in [0.4, 0.5) is 0 Å². The summed E-state index contributed by atoms with van der Waals surface area (Å²) in [6, 6.07) is 7.82. The molecule has 0 saturated carbocycles. The molecule has 1 fully saturated rings. The molecule has 3 heterocycles. The normalized spacial score (nSPS) is 21.1. The zero-order valence-corrected chi connectivity index (χ0v) is 23.8. The number of esters is 1. The lowest BCUT2D eigenvalue weighted by Gasteiger charge is -2.38. The second kappa shape index (κ2) is 12.2. The second-order valence-corrected chi connectivity index (χ2v) is 10.7. The standard InChI is InChI=1S/C29H38N4O4S/c1-6-31(7-2)27(35)25-20(5)30-29-33(26(25)21-12-9-11-19(4)15-21)23(18-38-29)16-24(34)32-14-10-13-22(17-32)28(36)37-8-3/h9,11-12,15,18,22,26H,6-8,10,13-14,16-17H2,1-5H3. The third-order valence-corrected chi connectivity index (χ3v) is 8.25. The number of amidine groups is 1. The lowest BCUT2D eigenvalue weighted by molar-refractivity contribution is -0.151. The fraction of sp³-hybridized carbons (Fsp3) is 0.517. The number of carbonyl (C=O) groups excluding carboxylic acids is 3. The molecule has 204 valence electrons. The van der Waals surface area contributed by atoms with Crippen LogP contribution < -0.4 is 0 Å². The van der Waals surface area contributed by atoms with E-state index in [0.717, 1.165) is 34.8 Å². The average molecular weight is 539 g/mol. The number of aryl methyl sites for hydroxylation is 1. The Balaban J connectivity index is 1.64. The number of piperidine rings is 1. The van der Waals surface area contributed by atoms with Gasteiger partial charge in [0.05, 0.1) is 36.3 Å². The largest absolute Gasteiger partial charge is 0.466 e. The predicted molar refractivity (Wildman–Crippen MR) is 150 cm³/mol. The van der Waals surface area contributed by atoms with Crippen LogP contribution in [0.2, 0.25) is 0 Å². The van der Waals surface area contributed by atoms with Crippen molar-refractivity contribution < 1.29 is 19.1 Å². The highest BCUT2D eigenvalue weighted by molar-refractivity contribution is 8.16. The number of aliphatic imine (C=N–C) groups is 1. The third kappa shape index (κ3) is 5.67. The van der Waals surface area contributed by atoms with Gasteiger partial charge in [0.15, 0.2) is 5.17 Å². The first-order chi connectivity index (χ1) is 18.3. The summed E-state index contributed by atoms with van der Waals surface area (Å²) in [5, 5.41) is 2.75. The quantitative estimate of drug-likeness (QED) is 0.449. The van der Waals surface area contributed by atoms with E-state index in [4.69, 9.17) is 9.73 Å². The molecule has 2 amide bonds. The van der Waals surface area contributed by atoms with Gasteiger partial charge in [-0.2, -0.15) is 0 Å². The van der Waals surface area contributed by atoms with Crippen molar-refractivity contribution in [1.29, 1.82) is 0 Å². The van der Waals surface area contributed by atoms with Crippen LogP contribution in [0.5, 0.6) is 0 Å². The molecule has 8 nitrogen and oxygen atoms in total. The van der Waals surface area contributed by atoms with E-state index in [-0.39, 0.29) is 36.2 Å². The van der Waals surface area contributed by atoms with Gasteiger partial charge in [-0.25, -0.2) is 4.99 Å². The van der Waals surface area contributed by atoms with Gasteiger partial charge in [0.25, 0.3) is 5.91 Å². The molecule has 3 aliphatic heterocycles. The Bertz CT molecular complexity index is 1190. The number of thioether (sulfide) groups is 1. The smallest absolute Gasteiger partial charge is 0.310 e. The average Bonchev–Trinajstić information content (AvgIpc) is 3.30. The summed E-state index contributed by atoms with van der Waals surface area (Å²) in [7, 11) is 0. The second-order valence-electron chi connectivity index (χ2n) is 9.89. The Labute approximate surface area is 229 Å². The Hall–Kier alpha value is -3.07. The van der Waals surface area contributed by atoms with Crippen molar-refractivity contribution in [2.75, 3.05) is 32.8 Å². The molecule has 0 spiro atoms. The molecule has 3 aliphatic rings. The third-order valence-electron chi connectivity index (χ3n) is 7.37. The highest BCUT2D eigenvalue weighted by Crippen LogP contribution is 2.45. The molecule has 0 bridgehead atoms. The number of ether oxygens (including phenoxy) is 1. The van der Waals surface area contributed by atoms with Gasteiger partial charge < -0.3 is 19.4 Å².